The highest BCUT2D eigenvalue weighted by atomic mass is 35.5. The van der Waals surface area contributed by atoms with Gasteiger partial charge in [-0.25, -0.2) is 9.97 Å². The predicted octanol–water partition coefficient (Wildman–Crippen LogP) is 2.56. The maximum atomic E-state index is 11.9. The molecular weight excluding hydrogens is 313 g/mol. The third-order valence-electron chi connectivity index (χ3n) is 2.67. The number of aliphatic hydroxyl groups excluding tert-OH is 1. The molecule has 2 aromatic rings. The number of carbonyl (C=O) groups excluding carboxylic acids is 1. The molecule has 2 N–H and O–H groups in total. The Balaban J connectivity index is 2.24. The number of aromatic nitrogens is 2. The fourth-order valence-electron chi connectivity index (χ4n) is 1.63. The van der Waals surface area contributed by atoms with E-state index in [9.17, 15) is 4.79 Å². The van der Waals surface area contributed by atoms with Crippen LogP contribution in [0.2, 0.25) is 10.0 Å². The first kappa shape index (κ1) is 15.7. The summed E-state index contributed by atoms with van der Waals surface area (Å²) in [4.78, 5) is 19.9. The third-order valence-corrected chi connectivity index (χ3v) is 3.41. The van der Waals surface area contributed by atoms with Crippen molar-refractivity contribution in [3.8, 4) is 11.3 Å². The molecule has 0 aliphatic rings. The number of aliphatic hydroxyl groups is 1. The van der Waals surface area contributed by atoms with Gasteiger partial charge in [-0.2, -0.15) is 0 Å². The summed E-state index contributed by atoms with van der Waals surface area (Å²) in [5.74, 6) is -0.375. The Morgan fingerprint density at radius 3 is 2.71 bits per heavy atom. The van der Waals surface area contributed by atoms with Crippen LogP contribution in [-0.4, -0.2) is 33.6 Å². The molecule has 0 fully saturated rings. The van der Waals surface area contributed by atoms with Crippen molar-refractivity contribution in [2.75, 3.05) is 6.54 Å². The second-order valence-electron chi connectivity index (χ2n) is 4.48. The Kier molecular flexibility index (Phi) is 5.12. The van der Waals surface area contributed by atoms with E-state index in [1.807, 2.05) is 0 Å². The van der Waals surface area contributed by atoms with E-state index in [-0.39, 0.29) is 18.1 Å². The molecule has 1 amide bonds. The number of rotatable bonds is 4. The zero-order valence-electron chi connectivity index (χ0n) is 11.2. The van der Waals surface area contributed by atoms with E-state index >= 15 is 0 Å². The minimum absolute atomic E-state index is 0.158. The van der Waals surface area contributed by atoms with Gasteiger partial charge in [-0.1, -0.05) is 29.3 Å². The van der Waals surface area contributed by atoms with Gasteiger partial charge in [0.15, 0.2) is 0 Å². The number of benzene rings is 1. The van der Waals surface area contributed by atoms with Gasteiger partial charge < -0.3 is 10.4 Å². The fourth-order valence-corrected chi connectivity index (χ4v) is 1.92. The van der Waals surface area contributed by atoms with E-state index < -0.39 is 6.10 Å². The van der Waals surface area contributed by atoms with Crippen molar-refractivity contribution in [2.45, 2.75) is 13.0 Å². The number of carbonyl (C=O) groups is 1. The van der Waals surface area contributed by atoms with Crippen LogP contribution in [0.3, 0.4) is 0 Å². The maximum absolute atomic E-state index is 11.9. The molecule has 7 heteroatoms. The highest BCUT2D eigenvalue weighted by Gasteiger charge is 2.11. The second kappa shape index (κ2) is 6.85. The number of halogens is 2. The van der Waals surface area contributed by atoms with Gasteiger partial charge in [0, 0.05) is 12.1 Å². The van der Waals surface area contributed by atoms with Crippen LogP contribution < -0.4 is 5.32 Å². The summed E-state index contributed by atoms with van der Waals surface area (Å²) >= 11 is 11.8. The van der Waals surface area contributed by atoms with Crippen molar-refractivity contribution in [1.82, 2.24) is 15.3 Å². The van der Waals surface area contributed by atoms with Crippen molar-refractivity contribution in [1.29, 1.82) is 0 Å². The first-order valence-electron chi connectivity index (χ1n) is 6.21. The quantitative estimate of drug-likeness (QED) is 0.905. The molecule has 1 atom stereocenters. The van der Waals surface area contributed by atoms with Gasteiger partial charge >= 0.3 is 0 Å². The molecule has 1 aromatic heterocycles. The molecule has 2 rings (SSSR count). The minimum atomic E-state index is -0.620. The monoisotopic (exact) mass is 325 g/mol. The van der Waals surface area contributed by atoms with Crippen LogP contribution in [0.15, 0.2) is 30.6 Å². The first-order valence-corrected chi connectivity index (χ1v) is 6.96. The van der Waals surface area contributed by atoms with Crippen molar-refractivity contribution in [2.24, 2.45) is 0 Å². The van der Waals surface area contributed by atoms with Crippen molar-refractivity contribution < 1.29 is 9.90 Å². The van der Waals surface area contributed by atoms with E-state index in [1.165, 1.54) is 6.33 Å². The van der Waals surface area contributed by atoms with E-state index in [1.54, 1.807) is 31.2 Å². The molecule has 0 bridgehead atoms. The summed E-state index contributed by atoms with van der Waals surface area (Å²) in [7, 11) is 0. The maximum Gasteiger partial charge on any atom is 0.270 e. The van der Waals surface area contributed by atoms with E-state index in [0.717, 1.165) is 5.56 Å². The standard InChI is InChI=1S/C14H13Cl2N3O2/c1-8(20)6-17-14(21)13-5-12(18-7-19-13)9-2-3-10(15)11(16)4-9/h2-5,7-8,20H,6H2,1H3,(H,17,21). The topological polar surface area (TPSA) is 75.1 Å². The van der Waals surface area contributed by atoms with Gasteiger partial charge in [-0.15, -0.1) is 0 Å². The Bertz CT molecular complexity index is 662. The summed E-state index contributed by atoms with van der Waals surface area (Å²) in [6.07, 6.45) is 0.681. The SMILES string of the molecule is CC(O)CNC(=O)c1cc(-c2ccc(Cl)c(Cl)c2)ncn1. The van der Waals surface area contributed by atoms with Gasteiger partial charge in [0.25, 0.3) is 5.91 Å². The van der Waals surface area contributed by atoms with Gasteiger partial charge in [0.05, 0.1) is 21.8 Å². The molecule has 0 spiro atoms. The molecule has 21 heavy (non-hydrogen) atoms. The molecule has 0 saturated heterocycles. The zero-order chi connectivity index (χ0) is 15.4. The van der Waals surface area contributed by atoms with Crippen molar-refractivity contribution in [3.63, 3.8) is 0 Å². The fraction of sp³-hybridized carbons (Fsp3) is 0.214. The van der Waals surface area contributed by atoms with Crippen LogP contribution in [0.25, 0.3) is 11.3 Å². The van der Waals surface area contributed by atoms with Crippen molar-refractivity contribution >= 4 is 29.1 Å². The summed E-state index contributed by atoms with van der Waals surface area (Å²) < 4.78 is 0. The molecular formula is C14H13Cl2N3O2. The normalized spacial score (nSPS) is 12.0. The molecule has 0 saturated carbocycles. The smallest absolute Gasteiger partial charge is 0.270 e. The Morgan fingerprint density at radius 1 is 1.29 bits per heavy atom. The number of nitrogens with one attached hydrogen (secondary N) is 1. The van der Waals surface area contributed by atoms with Crippen LogP contribution in [0.4, 0.5) is 0 Å². The van der Waals surface area contributed by atoms with Gasteiger partial charge in [-0.05, 0) is 25.1 Å². The molecule has 0 radical (unpaired) electrons. The van der Waals surface area contributed by atoms with Crippen molar-refractivity contribution in [3.05, 3.63) is 46.3 Å². The Labute approximate surface area is 131 Å². The Hall–Kier alpha value is -1.69. The number of amides is 1. The van der Waals surface area contributed by atoms with Crippen LogP contribution in [0, 0.1) is 0 Å². The Morgan fingerprint density at radius 2 is 2.05 bits per heavy atom. The summed E-state index contributed by atoms with van der Waals surface area (Å²) in [5, 5.41) is 12.6. The lowest BCUT2D eigenvalue weighted by Gasteiger charge is -2.07. The lowest BCUT2D eigenvalue weighted by molar-refractivity contribution is 0.0919. The first-order chi connectivity index (χ1) is 9.97. The molecule has 1 unspecified atom stereocenters. The number of hydrogen-bond acceptors (Lipinski definition) is 4. The highest BCUT2D eigenvalue weighted by Crippen LogP contribution is 2.27. The van der Waals surface area contributed by atoms with Gasteiger partial charge in [0.1, 0.15) is 12.0 Å². The summed E-state index contributed by atoms with van der Waals surface area (Å²) in [6, 6.07) is 6.64. The summed E-state index contributed by atoms with van der Waals surface area (Å²) in [5.41, 5.74) is 1.51. The van der Waals surface area contributed by atoms with Crippen LogP contribution >= 0.6 is 23.2 Å². The summed E-state index contributed by atoms with van der Waals surface area (Å²) in [6.45, 7) is 1.74. The van der Waals surface area contributed by atoms with Crippen LogP contribution in [0.5, 0.6) is 0 Å². The second-order valence-corrected chi connectivity index (χ2v) is 5.29. The van der Waals surface area contributed by atoms with E-state index in [2.05, 4.69) is 15.3 Å². The van der Waals surface area contributed by atoms with E-state index in [4.69, 9.17) is 28.3 Å². The van der Waals surface area contributed by atoms with Crippen LogP contribution in [-0.2, 0) is 0 Å². The molecule has 5 nitrogen and oxygen atoms in total. The lowest BCUT2D eigenvalue weighted by Crippen LogP contribution is -2.31. The molecule has 1 heterocycles. The average Bonchev–Trinajstić information content (AvgIpc) is 2.47. The molecule has 0 aliphatic carbocycles. The largest absolute Gasteiger partial charge is 0.392 e. The minimum Gasteiger partial charge on any atom is -0.392 e. The van der Waals surface area contributed by atoms with Crippen LogP contribution in [0.1, 0.15) is 17.4 Å². The highest BCUT2D eigenvalue weighted by molar-refractivity contribution is 6.42. The van der Waals surface area contributed by atoms with Gasteiger partial charge in [0.2, 0.25) is 0 Å². The third kappa shape index (κ3) is 4.14. The van der Waals surface area contributed by atoms with Gasteiger partial charge in [-0.3, -0.25) is 4.79 Å². The predicted molar refractivity (Wildman–Crippen MR) is 81.5 cm³/mol. The van der Waals surface area contributed by atoms with E-state index in [0.29, 0.717) is 15.7 Å². The molecule has 110 valence electrons. The zero-order valence-corrected chi connectivity index (χ0v) is 12.7. The lowest BCUT2D eigenvalue weighted by atomic mass is 10.1. The molecule has 0 aliphatic heterocycles. The average molecular weight is 326 g/mol. The number of hydrogen-bond donors (Lipinski definition) is 2. The number of nitrogens with zero attached hydrogens (tertiary/aromatic N) is 2. The molecule has 1 aromatic carbocycles.